The Morgan fingerprint density at radius 1 is 1.43 bits per heavy atom. The summed E-state index contributed by atoms with van der Waals surface area (Å²) in [6, 6.07) is 1.22. The summed E-state index contributed by atoms with van der Waals surface area (Å²) in [5, 5.41) is 5.42. The minimum atomic E-state index is -0.556. The molecule has 2 heterocycles. The molecule has 23 heavy (non-hydrogen) atoms. The zero-order chi connectivity index (χ0) is 17.0. The Morgan fingerprint density at radius 2 is 2.17 bits per heavy atom. The molecule has 1 fully saturated rings. The van der Waals surface area contributed by atoms with Crippen LogP contribution in [0.2, 0.25) is 0 Å². The highest BCUT2D eigenvalue weighted by molar-refractivity contribution is 5.98. The zero-order valence-electron chi connectivity index (χ0n) is 14.0. The Bertz CT molecular complexity index is 649. The van der Waals surface area contributed by atoms with Crippen molar-refractivity contribution in [3.8, 4) is 0 Å². The summed E-state index contributed by atoms with van der Waals surface area (Å²) in [6.07, 6.45) is 4.02. The van der Waals surface area contributed by atoms with Gasteiger partial charge in [0.05, 0.1) is 0 Å². The van der Waals surface area contributed by atoms with Gasteiger partial charge in [0, 0.05) is 19.3 Å². The average molecular weight is 319 g/mol. The smallest absolute Gasteiger partial charge is 0.263 e. The van der Waals surface area contributed by atoms with E-state index in [0.29, 0.717) is 31.0 Å². The first-order chi connectivity index (χ1) is 10.9. The highest BCUT2D eigenvalue weighted by atomic mass is 16.2. The molecule has 6 nitrogen and oxygen atoms in total. The van der Waals surface area contributed by atoms with Crippen LogP contribution in [-0.2, 0) is 11.3 Å². The number of hydrogen-bond donors (Lipinski definition) is 2. The molecule has 2 N–H and O–H groups in total. The van der Waals surface area contributed by atoms with Crippen molar-refractivity contribution in [1.82, 2.24) is 15.2 Å². The molecule has 0 bridgehead atoms. The van der Waals surface area contributed by atoms with E-state index in [0.717, 1.165) is 12.8 Å². The van der Waals surface area contributed by atoms with Crippen molar-refractivity contribution in [3.05, 3.63) is 33.7 Å². The minimum absolute atomic E-state index is 0.134. The van der Waals surface area contributed by atoms with Crippen molar-refractivity contribution in [2.45, 2.75) is 52.6 Å². The number of carbonyl (C=O) groups excluding carboxylic acids is 2. The normalized spacial score (nSPS) is 17.9. The van der Waals surface area contributed by atoms with Gasteiger partial charge in [-0.05, 0) is 43.7 Å². The molecule has 0 aliphatic carbocycles. The van der Waals surface area contributed by atoms with Crippen molar-refractivity contribution in [2.75, 3.05) is 6.54 Å². The first-order valence-corrected chi connectivity index (χ1v) is 8.18. The summed E-state index contributed by atoms with van der Waals surface area (Å²) in [4.78, 5) is 36.8. The van der Waals surface area contributed by atoms with Gasteiger partial charge in [0.1, 0.15) is 11.6 Å². The Balaban J connectivity index is 2.20. The number of aromatic nitrogens is 1. The van der Waals surface area contributed by atoms with Gasteiger partial charge < -0.3 is 15.2 Å². The van der Waals surface area contributed by atoms with E-state index in [2.05, 4.69) is 24.5 Å². The van der Waals surface area contributed by atoms with E-state index in [9.17, 15) is 14.4 Å². The summed E-state index contributed by atoms with van der Waals surface area (Å²) in [5.74, 6) is -0.168. The van der Waals surface area contributed by atoms with Crippen LogP contribution >= 0.6 is 0 Å². The van der Waals surface area contributed by atoms with E-state index < -0.39 is 11.9 Å². The fraction of sp³-hybridized carbons (Fsp3) is 0.588. The number of aryl methyl sites for hydroxylation is 2. The third-order valence-corrected chi connectivity index (χ3v) is 4.14. The average Bonchev–Trinajstić information content (AvgIpc) is 2.48. The number of piperidine rings is 1. The molecule has 0 saturated carbocycles. The maximum absolute atomic E-state index is 12.6. The summed E-state index contributed by atoms with van der Waals surface area (Å²) in [6.45, 7) is 7.14. The summed E-state index contributed by atoms with van der Waals surface area (Å²) >= 11 is 0. The van der Waals surface area contributed by atoms with Crippen molar-refractivity contribution in [1.29, 1.82) is 0 Å². The molecule has 126 valence electrons. The van der Waals surface area contributed by atoms with Crippen LogP contribution in [-0.4, -0.2) is 29.0 Å². The largest absolute Gasteiger partial charge is 0.354 e. The van der Waals surface area contributed by atoms with E-state index >= 15 is 0 Å². The van der Waals surface area contributed by atoms with E-state index in [4.69, 9.17) is 0 Å². The number of carbonyl (C=O) groups is 2. The van der Waals surface area contributed by atoms with Crippen molar-refractivity contribution in [2.24, 2.45) is 5.92 Å². The zero-order valence-corrected chi connectivity index (χ0v) is 14.0. The van der Waals surface area contributed by atoms with Crippen LogP contribution in [0.3, 0.4) is 0 Å². The van der Waals surface area contributed by atoms with Crippen LogP contribution in [0.1, 0.15) is 49.0 Å². The number of rotatable bonds is 5. The second kappa shape index (κ2) is 7.44. The third-order valence-electron chi connectivity index (χ3n) is 4.14. The maximum atomic E-state index is 12.6. The number of hydrogen-bond acceptors (Lipinski definition) is 3. The lowest BCUT2D eigenvalue weighted by molar-refractivity contribution is -0.124. The lowest BCUT2D eigenvalue weighted by atomic mass is 10.1. The predicted molar refractivity (Wildman–Crippen MR) is 88.4 cm³/mol. The molecule has 1 saturated heterocycles. The van der Waals surface area contributed by atoms with Crippen molar-refractivity contribution < 1.29 is 9.59 Å². The molecular weight excluding hydrogens is 294 g/mol. The second-order valence-electron chi connectivity index (χ2n) is 6.51. The quantitative estimate of drug-likeness (QED) is 0.856. The van der Waals surface area contributed by atoms with Gasteiger partial charge in [-0.25, -0.2) is 0 Å². The van der Waals surface area contributed by atoms with Crippen molar-refractivity contribution in [3.63, 3.8) is 0 Å². The molecule has 0 aromatic carbocycles. The van der Waals surface area contributed by atoms with Crippen LogP contribution in [0.4, 0.5) is 0 Å². The highest BCUT2D eigenvalue weighted by Crippen LogP contribution is 2.08. The van der Waals surface area contributed by atoms with Crippen LogP contribution in [0, 0.1) is 12.8 Å². The van der Waals surface area contributed by atoms with Crippen molar-refractivity contribution >= 4 is 11.8 Å². The Morgan fingerprint density at radius 3 is 2.83 bits per heavy atom. The fourth-order valence-corrected chi connectivity index (χ4v) is 2.65. The van der Waals surface area contributed by atoms with E-state index in [1.54, 1.807) is 23.8 Å². The molecule has 0 spiro atoms. The number of nitrogens with zero attached hydrogens (tertiary/aromatic N) is 1. The summed E-state index contributed by atoms with van der Waals surface area (Å²) < 4.78 is 1.57. The Hall–Kier alpha value is -2.11. The van der Waals surface area contributed by atoms with Gasteiger partial charge in [0.15, 0.2) is 0 Å². The van der Waals surface area contributed by atoms with Gasteiger partial charge in [-0.15, -0.1) is 0 Å². The third kappa shape index (κ3) is 4.21. The lowest BCUT2D eigenvalue weighted by Gasteiger charge is -2.23. The molecule has 0 radical (unpaired) electrons. The molecule has 6 heteroatoms. The van der Waals surface area contributed by atoms with Gasteiger partial charge in [-0.2, -0.15) is 0 Å². The monoisotopic (exact) mass is 319 g/mol. The maximum Gasteiger partial charge on any atom is 0.263 e. The first-order valence-electron chi connectivity index (χ1n) is 8.18. The van der Waals surface area contributed by atoms with E-state index in [-0.39, 0.29) is 17.0 Å². The molecule has 1 aliphatic rings. The summed E-state index contributed by atoms with van der Waals surface area (Å²) in [5.41, 5.74) is 0.471. The van der Waals surface area contributed by atoms with Gasteiger partial charge in [0.2, 0.25) is 5.91 Å². The van der Waals surface area contributed by atoms with Gasteiger partial charge in [-0.1, -0.05) is 13.8 Å². The van der Waals surface area contributed by atoms with E-state index in [1.165, 1.54) is 0 Å². The predicted octanol–water partition coefficient (Wildman–Crippen LogP) is 1.21. The summed E-state index contributed by atoms with van der Waals surface area (Å²) in [7, 11) is 0. The highest BCUT2D eigenvalue weighted by Gasteiger charge is 2.26. The second-order valence-corrected chi connectivity index (χ2v) is 6.51. The number of pyridine rings is 1. The standard InChI is InChI=1S/C17H25N3O3/c1-11(2)6-9-20-10-7-12(3)14(17(20)23)16(22)19-13-5-4-8-18-15(13)21/h7,10-11,13H,4-6,8-9H2,1-3H3,(H,18,21)(H,19,22). The Kier molecular flexibility index (Phi) is 5.58. The molecule has 2 rings (SSSR count). The van der Waals surface area contributed by atoms with Gasteiger partial charge in [0.25, 0.3) is 11.5 Å². The Labute approximate surface area is 136 Å². The van der Waals surface area contributed by atoms with Gasteiger partial charge in [-0.3, -0.25) is 14.4 Å². The molecule has 1 unspecified atom stereocenters. The van der Waals surface area contributed by atoms with Crippen LogP contribution < -0.4 is 16.2 Å². The minimum Gasteiger partial charge on any atom is -0.354 e. The van der Waals surface area contributed by atoms with Gasteiger partial charge >= 0.3 is 0 Å². The van der Waals surface area contributed by atoms with Crippen LogP contribution in [0.15, 0.2) is 17.1 Å². The topological polar surface area (TPSA) is 80.2 Å². The SMILES string of the molecule is Cc1ccn(CCC(C)C)c(=O)c1C(=O)NC1CCCNC1=O. The van der Waals surface area contributed by atoms with Crippen LogP contribution in [0.25, 0.3) is 0 Å². The first kappa shape index (κ1) is 17.2. The lowest BCUT2D eigenvalue weighted by Crippen LogP contribution is -2.51. The van der Waals surface area contributed by atoms with Crippen LogP contribution in [0.5, 0.6) is 0 Å². The number of nitrogens with one attached hydrogen (secondary N) is 2. The molecule has 1 atom stereocenters. The van der Waals surface area contributed by atoms with E-state index in [1.807, 2.05) is 0 Å². The molecule has 1 aromatic heterocycles. The molecule has 1 aliphatic heterocycles. The molecule has 2 amide bonds. The molecular formula is C17H25N3O3. The fourth-order valence-electron chi connectivity index (χ4n) is 2.65. The molecule has 1 aromatic rings. The number of amides is 2.